The van der Waals surface area contributed by atoms with E-state index in [-0.39, 0.29) is 5.91 Å². The van der Waals surface area contributed by atoms with E-state index in [9.17, 15) is 4.79 Å². The number of aromatic nitrogens is 1. The fourth-order valence-electron chi connectivity index (χ4n) is 1.49. The minimum Gasteiger partial charge on any atom is -0.496 e. The molecule has 1 aromatic heterocycles. The standard InChI is InChI=1S/C14H13N3O2/c1-19-13-8-3-2-6-11(13)10-16-17-14(18)12-7-4-5-9-15-12/h2-10H,1H3,(H,17,18)/b16-10+. The second kappa shape index (κ2) is 6.30. The Labute approximate surface area is 110 Å². The van der Waals surface area contributed by atoms with Crippen LogP contribution in [0.25, 0.3) is 0 Å². The molecule has 1 N–H and O–H groups in total. The van der Waals surface area contributed by atoms with Gasteiger partial charge in [0.15, 0.2) is 0 Å². The number of hydrazone groups is 1. The molecule has 0 aliphatic heterocycles. The van der Waals surface area contributed by atoms with Crippen LogP contribution in [0, 0.1) is 0 Å². The summed E-state index contributed by atoms with van der Waals surface area (Å²) in [6.45, 7) is 0. The average molecular weight is 255 g/mol. The zero-order valence-corrected chi connectivity index (χ0v) is 10.4. The van der Waals surface area contributed by atoms with Crippen molar-refractivity contribution in [3.8, 4) is 5.75 Å². The molecule has 5 heteroatoms. The van der Waals surface area contributed by atoms with E-state index in [1.165, 1.54) is 6.21 Å². The lowest BCUT2D eigenvalue weighted by Crippen LogP contribution is -2.18. The number of hydrogen-bond acceptors (Lipinski definition) is 4. The van der Waals surface area contributed by atoms with Crippen LogP contribution in [0.15, 0.2) is 53.8 Å². The highest BCUT2D eigenvalue weighted by molar-refractivity contribution is 5.93. The van der Waals surface area contributed by atoms with Crippen molar-refractivity contribution in [2.75, 3.05) is 7.11 Å². The molecule has 0 bridgehead atoms. The molecule has 0 saturated carbocycles. The summed E-state index contributed by atoms with van der Waals surface area (Å²) in [5, 5.41) is 3.88. The van der Waals surface area contributed by atoms with Crippen molar-refractivity contribution < 1.29 is 9.53 Å². The lowest BCUT2D eigenvalue weighted by molar-refractivity contribution is 0.0950. The van der Waals surface area contributed by atoms with Gasteiger partial charge in [0.25, 0.3) is 5.91 Å². The van der Waals surface area contributed by atoms with Crippen LogP contribution >= 0.6 is 0 Å². The fourth-order valence-corrected chi connectivity index (χ4v) is 1.49. The van der Waals surface area contributed by atoms with Crippen LogP contribution in [-0.4, -0.2) is 24.2 Å². The Balaban J connectivity index is 2.02. The predicted octanol–water partition coefficient (Wildman–Crippen LogP) is 1.85. The molecule has 19 heavy (non-hydrogen) atoms. The molecule has 0 radical (unpaired) electrons. The molecule has 1 amide bonds. The van der Waals surface area contributed by atoms with Crippen LogP contribution in [0.4, 0.5) is 0 Å². The van der Waals surface area contributed by atoms with Crippen LogP contribution in [0.2, 0.25) is 0 Å². The third-order valence-corrected chi connectivity index (χ3v) is 2.41. The number of benzene rings is 1. The molecule has 0 fully saturated rings. The first-order chi connectivity index (χ1) is 9.31. The van der Waals surface area contributed by atoms with Crippen LogP contribution in [0.5, 0.6) is 5.75 Å². The maximum Gasteiger partial charge on any atom is 0.289 e. The van der Waals surface area contributed by atoms with Gasteiger partial charge in [-0.05, 0) is 24.3 Å². The zero-order chi connectivity index (χ0) is 13.5. The predicted molar refractivity (Wildman–Crippen MR) is 72.3 cm³/mol. The number of hydrogen-bond donors (Lipinski definition) is 1. The molecular formula is C14H13N3O2. The topological polar surface area (TPSA) is 63.6 Å². The summed E-state index contributed by atoms with van der Waals surface area (Å²) in [6.07, 6.45) is 3.08. The lowest BCUT2D eigenvalue weighted by Gasteiger charge is -2.03. The molecule has 5 nitrogen and oxygen atoms in total. The van der Waals surface area contributed by atoms with E-state index < -0.39 is 0 Å². The molecule has 96 valence electrons. The van der Waals surface area contributed by atoms with E-state index in [1.807, 2.05) is 24.3 Å². The van der Waals surface area contributed by atoms with Crippen LogP contribution < -0.4 is 10.2 Å². The van der Waals surface area contributed by atoms with Crippen LogP contribution in [-0.2, 0) is 0 Å². The first-order valence-electron chi connectivity index (χ1n) is 5.68. The summed E-state index contributed by atoms with van der Waals surface area (Å²) in [6, 6.07) is 12.5. The Hall–Kier alpha value is -2.69. The number of carbonyl (C=O) groups is 1. The van der Waals surface area contributed by atoms with E-state index in [4.69, 9.17) is 4.74 Å². The molecule has 0 aliphatic rings. The van der Waals surface area contributed by atoms with Crippen molar-refractivity contribution in [2.24, 2.45) is 5.10 Å². The Bertz CT molecular complexity index is 582. The molecule has 0 unspecified atom stereocenters. The number of carbonyl (C=O) groups excluding carboxylic acids is 1. The Morgan fingerprint density at radius 1 is 1.26 bits per heavy atom. The summed E-state index contributed by atoms with van der Waals surface area (Å²) in [7, 11) is 1.58. The summed E-state index contributed by atoms with van der Waals surface area (Å²) in [5.41, 5.74) is 3.51. The highest BCUT2D eigenvalue weighted by Gasteiger charge is 2.04. The quantitative estimate of drug-likeness (QED) is 0.670. The van der Waals surface area contributed by atoms with Crippen molar-refractivity contribution in [1.29, 1.82) is 0 Å². The average Bonchev–Trinajstić information content (AvgIpc) is 2.48. The molecule has 2 aromatic rings. The van der Waals surface area contributed by atoms with Crippen LogP contribution in [0.3, 0.4) is 0 Å². The smallest absolute Gasteiger partial charge is 0.289 e. The van der Waals surface area contributed by atoms with Crippen molar-refractivity contribution in [3.63, 3.8) is 0 Å². The SMILES string of the molecule is COc1ccccc1/C=N/NC(=O)c1ccccn1. The maximum absolute atomic E-state index is 11.7. The second-order valence-electron chi connectivity index (χ2n) is 3.66. The molecule has 1 aromatic carbocycles. The van der Waals surface area contributed by atoms with Gasteiger partial charge in [0.05, 0.1) is 13.3 Å². The number of pyridine rings is 1. The van der Waals surface area contributed by atoms with E-state index in [0.29, 0.717) is 11.4 Å². The molecule has 0 spiro atoms. The molecular weight excluding hydrogens is 242 g/mol. The summed E-state index contributed by atoms with van der Waals surface area (Å²) >= 11 is 0. The molecule has 0 atom stereocenters. The number of ether oxygens (including phenoxy) is 1. The number of methoxy groups -OCH3 is 1. The largest absolute Gasteiger partial charge is 0.496 e. The van der Waals surface area contributed by atoms with Crippen molar-refractivity contribution in [3.05, 3.63) is 59.9 Å². The number of rotatable bonds is 4. The van der Waals surface area contributed by atoms with Crippen molar-refractivity contribution in [2.45, 2.75) is 0 Å². The van der Waals surface area contributed by atoms with Gasteiger partial charge in [0.2, 0.25) is 0 Å². The molecule has 0 saturated heterocycles. The van der Waals surface area contributed by atoms with Crippen molar-refractivity contribution in [1.82, 2.24) is 10.4 Å². The fraction of sp³-hybridized carbons (Fsp3) is 0.0714. The lowest BCUT2D eigenvalue weighted by atomic mass is 10.2. The van der Waals surface area contributed by atoms with Gasteiger partial charge in [-0.3, -0.25) is 9.78 Å². The summed E-state index contributed by atoms with van der Waals surface area (Å²) in [5.74, 6) is 0.338. The number of para-hydroxylation sites is 1. The van der Waals surface area contributed by atoms with Gasteiger partial charge in [-0.2, -0.15) is 5.10 Å². The highest BCUT2D eigenvalue weighted by Crippen LogP contribution is 2.14. The third-order valence-electron chi connectivity index (χ3n) is 2.41. The minimum absolute atomic E-state index is 0.319. The molecule has 0 aliphatic carbocycles. The van der Waals surface area contributed by atoms with Gasteiger partial charge in [0, 0.05) is 11.8 Å². The van der Waals surface area contributed by atoms with E-state index >= 15 is 0 Å². The first-order valence-corrected chi connectivity index (χ1v) is 5.68. The van der Waals surface area contributed by atoms with Gasteiger partial charge in [-0.1, -0.05) is 18.2 Å². The minimum atomic E-state index is -0.355. The third kappa shape index (κ3) is 3.38. The van der Waals surface area contributed by atoms with Gasteiger partial charge >= 0.3 is 0 Å². The zero-order valence-electron chi connectivity index (χ0n) is 10.4. The maximum atomic E-state index is 11.7. The van der Waals surface area contributed by atoms with Gasteiger partial charge in [-0.15, -0.1) is 0 Å². The molecule has 1 heterocycles. The van der Waals surface area contributed by atoms with Crippen LogP contribution in [0.1, 0.15) is 16.1 Å². The highest BCUT2D eigenvalue weighted by atomic mass is 16.5. The van der Waals surface area contributed by atoms with E-state index in [1.54, 1.807) is 31.5 Å². The number of nitrogens with zero attached hydrogens (tertiary/aromatic N) is 2. The molecule has 2 rings (SSSR count). The normalized spacial score (nSPS) is 10.4. The monoisotopic (exact) mass is 255 g/mol. The van der Waals surface area contributed by atoms with Gasteiger partial charge in [0.1, 0.15) is 11.4 Å². The van der Waals surface area contributed by atoms with Crippen molar-refractivity contribution >= 4 is 12.1 Å². The Morgan fingerprint density at radius 2 is 2.05 bits per heavy atom. The second-order valence-corrected chi connectivity index (χ2v) is 3.66. The van der Waals surface area contributed by atoms with E-state index in [2.05, 4.69) is 15.5 Å². The Morgan fingerprint density at radius 3 is 2.79 bits per heavy atom. The summed E-state index contributed by atoms with van der Waals surface area (Å²) in [4.78, 5) is 15.6. The van der Waals surface area contributed by atoms with Gasteiger partial charge < -0.3 is 4.74 Å². The Kier molecular flexibility index (Phi) is 4.23. The number of amides is 1. The summed E-state index contributed by atoms with van der Waals surface area (Å²) < 4.78 is 5.17. The number of nitrogens with one attached hydrogen (secondary N) is 1. The van der Waals surface area contributed by atoms with E-state index in [0.717, 1.165) is 5.56 Å². The van der Waals surface area contributed by atoms with Gasteiger partial charge in [-0.25, -0.2) is 5.43 Å². The first kappa shape index (κ1) is 12.8.